The summed E-state index contributed by atoms with van der Waals surface area (Å²) in [6.45, 7) is 1.56. The fourth-order valence-electron chi connectivity index (χ4n) is 2.75. The summed E-state index contributed by atoms with van der Waals surface area (Å²) in [7, 11) is 0. The van der Waals surface area contributed by atoms with Crippen LogP contribution in [0.3, 0.4) is 0 Å². The predicted molar refractivity (Wildman–Crippen MR) is 74.6 cm³/mol. The van der Waals surface area contributed by atoms with Crippen LogP contribution in [-0.4, -0.2) is 39.6 Å². The molecule has 0 aromatic carbocycles. The molecule has 0 saturated carbocycles. The summed E-state index contributed by atoms with van der Waals surface area (Å²) in [6.07, 6.45) is 1.93. The number of amides is 4. The minimum Gasteiger partial charge on any atom is -0.326 e. The quantitative estimate of drug-likeness (QED) is 0.736. The third kappa shape index (κ3) is 2.32. The largest absolute Gasteiger partial charge is 0.326 e. The molecule has 3 heterocycles. The van der Waals surface area contributed by atoms with Gasteiger partial charge in [0.05, 0.1) is 6.54 Å². The SMILES string of the molecule is CC(=O)Nc1ccnc2c1CN(C1CCC(=O)NC1=O)C2=O. The Hall–Kier alpha value is -2.77. The molecule has 0 bridgehead atoms. The number of rotatable bonds is 2. The second kappa shape index (κ2) is 5.21. The van der Waals surface area contributed by atoms with E-state index in [4.69, 9.17) is 0 Å². The van der Waals surface area contributed by atoms with Crippen molar-refractivity contribution in [2.75, 3.05) is 5.32 Å². The van der Waals surface area contributed by atoms with Crippen molar-refractivity contribution < 1.29 is 19.2 Å². The summed E-state index contributed by atoms with van der Waals surface area (Å²) >= 11 is 0. The number of imide groups is 1. The summed E-state index contributed by atoms with van der Waals surface area (Å²) < 4.78 is 0. The monoisotopic (exact) mass is 302 g/mol. The van der Waals surface area contributed by atoms with E-state index in [0.29, 0.717) is 17.7 Å². The van der Waals surface area contributed by atoms with E-state index in [1.165, 1.54) is 18.0 Å². The molecule has 8 heteroatoms. The van der Waals surface area contributed by atoms with Crippen molar-refractivity contribution >= 4 is 29.3 Å². The average Bonchev–Trinajstić information content (AvgIpc) is 2.77. The van der Waals surface area contributed by atoms with Crippen molar-refractivity contribution in [3.8, 4) is 0 Å². The minimum atomic E-state index is -0.690. The molecule has 1 atom stereocenters. The maximum absolute atomic E-state index is 12.4. The molecule has 0 aliphatic carbocycles. The van der Waals surface area contributed by atoms with E-state index in [1.54, 1.807) is 6.07 Å². The van der Waals surface area contributed by atoms with Crippen molar-refractivity contribution in [2.45, 2.75) is 32.4 Å². The molecular weight excluding hydrogens is 288 g/mol. The van der Waals surface area contributed by atoms with Crippen LogP contribution >= 0.6 is 0 Å². The Labute approximate surface area is 125 Å². The molecule has 4 amide bonds. The number of nitrogens with one attached hydrogen (secondary N) is 2. The van der Waals surface area contributed by atoms with Gasteiger partial charge in [-0.05, 0) is 12.5 Å². The van der Waals surface area contributed by atoms with Crippen LogP contribution in [0, 0.1) is 0 Å². The summed E-state index contributed by atoms with van der Waals surface area (Å²) in [5.41, 5.74) is 1.34. The summed E-state index contributed by atoms with van der Waals surface area (Å²) in [5.74, 6) is -1.42. The Bertz CT molecular complexity index is 700. The number of carbonyl (C=O) groups is 4. The first kappa shape index (κ1) is 14.2. The number of fused-ring (bicyclic) bond motifs is 1. The molecular formula is C14H14N4O4. The highest BCUT2D eigenvalue weighted by Crippen LogP contribution is 2.30. The lowest BCUT2D eigenvalue weighted by atomic mass is 10.0. The van der Waals surface area contributed by atoms with Crippen molar-refractivity contribution in [3.63, 3.8) is 0 Å². The van der Waals surface area contributed by atoms with Crippen molar-refractivity contribution in [1.29, 1.82) is 0 Å². The van der Waals surface area contributed by atoms with Gasteiger partial charge >= 0.3 is 0 Å². The molecule has 2 aliphatic rings. The zero-order valence-electron chi connectivity index (χ0n) is 11.9. The maximum atomic E-state index is 12.4. The number of piperidine rings is 1. The molecule has 1 saturated heterocycles. The maximum Gasteiger partial charge on any atom is 0.273 e. The Kier molecular flexibility index (Phi) is 3.36. The number of hydrogen-bond donors (Lipinski definition) is 2. The second-order valence-electron chi connectivity index (χ2n) is 5.27. The standard InChI is InChI=1S/C14H14N4O4/c1-7(19)16-9-4-5-15-12-8(9)6-18(14(12)22)10-2-3-11(20)17-13(10)21/h4-5,10H,2-3,6H2,1H3,(H,15,16,19)(H,17,20,21). The number of anilines is 1. The first-order valence-corrected chi connectivity index (χ1v) is 6.87. The average molecular weight is 302 g/mol. The van der Waals surface area contributed by atoms with Crippen LogP contribution in [0.25, 0.3) is 0 Å². The van der Waals surface area contributed by atoms with Gasteiger partial charge in [-0.2, -0.15) is 0 Å². The smallest absolute Gasteiger partial charge is 0.273 e. The summed E-state index contributed by atoms with van der Waals surface area (Å²) in [5, 5.41) is 4.89. The van der Waals surface area contributed by atoms with E-state index >= 15 is 0 Å². The molecule has 2 aliphatic heterocycles. The zero-order chi connectivity index (χ0) is 15.9. The van der Waals surface area contributed by atoms with Crippen LogP contribution in [0.2, 0.25) is 0 Å². The highest BCUT2D eigenvalue weighted by Gasteiger charge is 2.40. The van der Waals surface area contributed by atoms with Crippen LogP contribution in [0.15, 0.2) is 12.3 Å². The Morgan fingerprint density at radius 1 is 1.41 bits per heavy atom. The highest BCUT2D eigenvalue weighted by atomic mass is 16.2. The first-order valence-electron chi connectivity index (χ1n) is 6.87. The molecule has 0 spiro atoms. The molecule has 1 unspecified atom stereocenters. The second-order valence-corrected chi connectivity index (χ2v) is 5.27. The number of pyridine rings is 1. The fourth-order valence-corrected chi connectivity index (χ4v) is 2.75. The molecule has 8 nitrogen and oxygen atoms in total. The van der Waals surface area contributed by atoms with Gasteiger partial charge in [-0.3, -0.25) is 29.5 Å². The zero-order valence-corrected chi connectivity index (χ0v) is 11.9. The van der Waals surface area contributed by atoms with Crippen molar-refractivity contribution in [2.24, 2.45) is 0 Å². The fraction of sp³-hybridized carbons (Fsp3) is 0.357. The third-order valence-electron chi connectivity index (χ3n) is 3.74. The van der Waals surface area contributed by atoms with Crippen LogP contribution < -0.4 is 10.6 Å². The number of carbonyl (C=O) groups excluding carboxylic acids is 4. The van der Waals surface area contributed by atoms with Crippen molar-refractivity contribution in [3.05, 3.63) is 23.5 Å². The van der Waals surface area contributed by atoms with Crippen LogP contribution in [-0.2, 0) is 20.9 Å². The van der Waals surface area contributed by atoms with Crippen molar-refractivity contribution in [1.82, 2.24) is 15.2 Å². The Morgan fingerprint density at radius 3 is 2.86 bits per heavy atom. The number of nitrogens with zero attached hydrogens (tertiary/aromatic N) is 2. The van der Waals surface area contributed by atoms with Gasteiger partial charge in [0.2, 0.25) is 17.7 Å². The van der Waals surface area contributed by atoms with Gasteiger partial charge in [-0.15, -0.1) is 0 Å². The number of hydrogen-bond acceptors (Lipinski definition) is 5. The van der Waals surface area contributed by atoms with Crippen LogP contribution in [0.5, 0.6) is 0 Å². The number of aromatic nitrogens is 1. The Balaban J connectivity index is 1.89. The van der Waals surface area contributed by atoms with Gasteiger partial charge in [0.1, 0.15) is 11.7 Å². The van der Waals surface area contributed by atoms with Crippen LogP contribution in [0.1, 0.15) is 35.8 Å². The van der Waals surface area contributed by atoms with E-state index in [9.17, 15) is 19.2 Å². The lowest BCUT2D eigenvalue weighted by Gasteiger charge is -2.29. The first-order chi connectivity index (χ1) is 10.5. The van der Waals surface area contributed by atoms with E-state index in [-0.39, 0.29) is 36.4 Å². The van der Waals surface area contributed by atoms with Gasteiger partial charge in [0, 0.05) is 30.8 Å². The van der Waals surface area contributed by atoms with E-state index in [2.05, 4.69) is 15.6 Å². The highest BCUT2D eigenvalue weighted by molar-refractivity contribution is 6.05. The van der Waals surface area contributed by atoms with E-state index < -0.39 is 11.9 Å². The molecule has 1 fully saturated rings. The molecule has 2 N–H and O–H groups in total. The minimum absolute atomic E-state index is 0.184. The Morgan fingerprint density at radius 2 is 2.18 bits per heavy atom. The van der Waals surface area contributed by atoms with Gasteiger partial charge in [-0.25, -0.2) is 0 Å². The third-order valence-corrected chi connectivity index (χ3v) is 3.74. The van der Waals surface area contributed by atoms with E-state index in [0.717, 1.165) is 0 Å². The molecule has 3 rings (SSSR count). The van der Waals surface area contributed by atoms with Gasteiger partial charge in [-0.1, -0.05) is 0 Å². The molecule has 0 radical (unpaired) electrons. The molecule has 1 aromatic heterocycles. The lowest BCUT2D eigenvalue weighted by Crippen LogP contribution is -2.52. The molecule has 1 aromatic rings. The summed E-state index contributed by atoms with van der Waals surface area (Å²) in [6, 6.07) is 0.922. The topological polar surface area (TPSA) is 108 Å². The van der Waals surface area contributed by atoms with E-state index in [1.807, 2.05) is 0 Å². The molecule has 114 valence electrons. The lowest BCUT2D eigenvalue weighted by molar-refractivity contribution is -0.137. The normalized spacial score (nSPS) is 20.7. The van der Waals surface area contributed by atoms with Gasteiger partial charge in [0.15, 0.2) is 0 Å². The van der Waals surface area contributed by atoms with Gasteiger partial charge < -0.3 is 10.2 Å². The van der Waals surface area contributed by atoms with Crippen LogP contribution in [0.4, 0.5) is 5.69 Å². The summed E-state index contributed by atoms with van der Waals surface area (Å²) in [4.78, 5) is 52.3. The van der Waals surface area contributed by atoms with Gasteiger partial charge in [0.25, 0.3) is 5.91 Å². The molecule has 22 heavy (non-hydrogen) atoms. The predicted octanol–water partition coefficient (Wildman–Crippen LogP) is -0.199.